The molecule has 0 aliphatic heterocycles. The summed E-state index contributed by atoms with van der Waals surface area (Å²) in [5, 5.41) is 0.456. The third-order valence-corrected chi connectivity index (χ3v) is 2.72. The number of halogens is 1. The highest BCUT2D eigenvalue weighted by Gasteiger charge is 2.17. The predicted molar refractivity (Wildman–Crippen MR) is 67.9 cm³/mol. The monoisotopic (exact) mass is 241 g/mol. The summed E-state index contributed by atoms with van der Waals surface area (Å²) in [5.74, 6) is -0.517. The molecule has 0 bridgehead atoms. The van der Waals surface area contributed by atoms with Crippen LogP contribution in [-0.2, 0) is 0 Å². The van der Waals surface area contributed by atoms with Gasteiger partial charge in [-0.25, -0.2) is 0 Å². The highest BCUT2D eigenvalue weighted by molar-refractivity contribution is 6.34. The SMILES string of the molecule is CCN(CC)c1c(Cl)cc(N)cc1C(N)=O. The zero-order valence-corrected chi connectivity index (χ0v) is 10.2. The first-order chi connectivity index (χ1) is 7.51. The third-order valence-electron chi connectivity index (χ3n) is 2.43. The van der Waals surface area contributed by atoms with Gasteiger partial charge in [-0.1, -0.05) is 11.6 Å². The Balaban J connectivity index is 3.39. The standard InChI is InChI=1S/C11H16ClN3O/c1-3-15(4-2)10-8(11(14)16)5-7(13)6-9(10)12/h5-6H,3-4,13H2,1-2H3,(H2,14,16). The van der Waals surface area contributed by atoms with E-state index in [9.17, 15) is 4.79 Å². The van der Waals surface area contributed by atoms with Crippen molar-refractivity contribution in [3.8, 4) is 0 Å². The topological polar surface area (TPSA) is 72.3 Å². The second-order valence-electron chi connectivity index (χ2n) is 3.44. The number of amides is 1. The van der Waals surface area contributed by atoms with E-state index in [4.69, 9.17) is 23.1 Å². The van der Waals surface area contributed by atoms with Gasteiger partial charge in [0, 0.05) is 18.8 Å². The average Bonchev–Trinajstić information content (AvgIpc) is 2.21. The van der Waals surface area contributed by atoms with Crippen molar-refractivity contribution in [2.45, 2.75) is 13.8 Å². The number of nitrogen functional groups attached to an aromatic ring is 1. The van der Waals surface area contributed by atoms with Crippen molar-refractivity contribution in [2.75, 3.05) is 23.7 Å². The van der Waals surface area contributed by atoms with Gasteiger partial charge in [-0.15, -0.1) is 0 Å². The first-order valence-corrected chi connectivity index (χ1v) is 5.52. The summed E-state index contributed by atoms with van der Waals surface area (Å²) < 4.78 is 0. The van der Waals surface area contributed by atoms with Crippen molar-refractivity contribution in [3.05, 3.63) is 22.7 Å². The molecular formula is C11H16ClN3O. The highest BCUT2D eigenvalue weighted by atomic mass is 35.5. The summed E-state index contributed by atoms with van der Waals surface area (Å²) in [5.41, 5.74) is 12.4. The Hall–Kier alpha value is -1.42. The van der Waals surface area contributed by atoms with Crippen LogP contribution < -0.4 is 16.4 Å². The molecule has 1 aromatic rings. The van der Waals surface area contributed by atoms with Crippen LogP contribution in [0.15, 0.2) is 12.1 Å². The summed E-state index contributed by atoms with van der Waals surface area (Å²) in [7, 11) is 0. The Morgan fingerprint density at radius 3 is 2.38 bits per heavy atom. The highest BCUT2D eigenvalue weighted by Crippen LogP contribution is 2.32. The van der Waals surface area contributed by atoms with E-state index >= 15 is 0 Å². The quantitative estimate of drug-likeness (QED) is 0.791. The zero-order valence-electron chi connectivity index (χ0n) is 9.46. The van der Waals surface area contributed by atoms with Gasteiger partial charge in [0.05, 0.1) is 16.3 Å². The second kappa shape index (κ2) is 5.07. The molecule has 0 fully saturated rings. The number of carbonyl (C=O) groups is 1. The molecule has 0 radical (unpaired) electrons. The maximum absolute atomic E-state index is 11.3. The molecule has 0 spiro atoms. The van der Waals surface area contributed by atoms with E-state index < -0.39 is 5.91 Å². The molecule has 0 heterocycles. The van der Waals surface area contributed by atoms with Gasteiger partial charge in [0.1, 0.15) is 0 Å². The van der Waals surface area contributed by atoms with Gasteiger partial charge in [0.2, 0.25) is 0 Å². The zero-order chi connectivity index (χ0) is 12.3. The van der Waals surface area contributed by atoms with E-state index in [0.29, 0.717) is 22.0 Å². The van der Waals surface area contributed by atoms with Gasteiger partial charge in [-0.3, -0.25) is 4.79 Å². The van der Waals surface area contributed by atoms with Crippen molar-refractivity contribution in [1.82, 2.24) is 0 Å². The summed E-state index contributed by atoms with van der Waals surface area (Å²) in [6.07, 6.45) is 0. The van der Waals surface area contributed by atoms with Crippen molar-refractivity contribution in [2.24, 2.45) is 5.73 Å². The van der Waals surface area contributed by atoms with Gasteiger partial charge < -0.3 is 16.4 Å². The van der Waals surface area contributed by atoms with Crippen molar-refractivity contribution in [3.63, 3.8) is 0 Å². The third kappa shape index (κ3) is 2.39. The Kier molecular flexibility index (Phi) is 4.01. The molecule has 1 aromatic carbocycles. The Labute approximate surface area is 100 Å². The van der Waals surface area contributed by atoms with Crippen molar-refractivity contribution in [1.29, 1.82) is 0 Å². The Morgan fingerprint density at radius 2 is 1.94 bits per heavy atom. The minimum absolute atomic E-state index is 0.369. The maximum atomic E-state index is 11.3. The van der Waals surface area contributed by atoms with Gasteiger partial charge in [0.25, 0.3) is 5.91 Å². The number of rotatable bonds is 4. The average molecular weight is 242 g/mol. The number of nitrogens with two attached hydrogens (primary N) is 2. The molecule has 0 saturated heterocycles. The number of hydrogen-bond donors (Lipinski definition) is 2. The maximum Gasteiger partial charge on any atom is 0.250 e. The molecule has 16 heavy (non-hydrogen) atoms. The fourth-order valence-electron chi connectivity index (χ4n) is 1.67. The van der Waals surface area contributed by atoms with E-state index in [2.05, 4.69) is 0 Å². The van der Waals surface area contributed by atoms with Crippen LogP contribution in [0.5, 0.6) is 0 Å². The first kappa shape index (κ1) is 12.6. The molecular weight excluding hydrogens is 226 g/mol. The Morgan fingerprint density at radius 1 is 1.38 bits per heavy atom. The summed E-state index contributed by atoms with van der Waals surface area (Å²) >= 11 is 6.10. The molecule has 1 rings (SSSR count). The number of carbonyl (C=O) groups excluding carboxylic acids is 1. The number of benzene rings is 1. The van der Waals surface area contributed by atoms with E-state index in [0.717, 1.165) is 13.1 Å². The van der Waals surface area contributed by atoms with Gasteiger partial charge in [-0.2, -0.15) is 0 Å². The van der Waals surface area contributed by atoms with E-state index in [1.54, 1.807) is 12.1 Å². The fraction of sp³-hybridized carbons (Fsp3) is 0.364. The smallest absolute Gasteiger partial charge is 0.250 e. The van der Waals surface area contributed by atoms with Crippen LogP contribution in [0.2, 0.25) is 5.02 Å². The summed E-state index contributed by atoms with van der Waals surface area (Å²) in [4.78, 5) is 13.3. The van der Waals surface area contributed by atoms with Crippen LogP contribution in [0, 0.1) is 0 Å². The van der Waals surface area contributed by atoms with Crippen LogP contribution in [0.25, 0.3) is 0 Å². The largest absolute Gasteiger partial charge is 0.399 e. The van der Waals surface area contributed by atoms with Crippen molar-refractivity contribution >= 4 is 28.9 Å². The molecule has 0 saturated carbocycles. The molecule has 0 aliphatic carbocycles. The molecule has 0 aliphatic rings. The van der Waals surface area contributed by atoms with E-state index in [-0.39, 0.29) is 0 Å². The van der Waals surface area contributed by atoms with Crippen LogP contribution in [-0.4, -0.2) is 19.0 Å². The summed E-state index contributed by atoms with van der Waals surface area (Å²) in [6.45, 7) is 5.47. The molecule has 5 heteroatoms. The van der Waals surface area contributed by atoms with Crippen LogP contribution >= 0.6 is 11.6 Å². The molecule has 0 atom stereocenters. The lowest BCUT2D eigenvalue weighted by Crippen LogP contribution is -2.26. The molecule has 4 N–H and O–H groups in total. The molecule has 88 valence electrons. The van der Waals surface area contributed by atoms with E-state index in [1.165, 1.54) is 0 Å². The van der Waals surface area contributed by atoms with Gasteiger partial charge in [0.15, 0.2) is 0 Å². The fourth-order valence-corrected chi connectivity index (χ4v) is 2.02. The second-order valence-corrected chi connectivity index (χ2v) is 3.84. The number of primary amides is 1. The van der Waals surface area contributed by atoms with Crippen LogP contribution in [0.3, 0.4) is 0 Å². The lowest BCUT2D eigenvalue weighted by molar-refractivity contribution is 0.100. The van der Waals surface area contributed by atoms with E-state index in [1.807, 2.05) is 18.7 Å². The van der Waals surface area contributed by atoms with Crippen LogP contribution in [0.1, 0.15) is 24.2 Å². The van der Waals surface area contributed by atoms with Gasteiger partial charge >= 0.3 is 0 Å². The number of hydrogen-bond acceptors (Lipinski definition) is 3. The summed E-state index contributed by atoms with van der Waals surface area (Å²) in [6, 6.07) is 3.18. The lowest BCUT2D eigenvalue weighted by Gasteiger charge is -2.24. The number of nitrogens with zero attached hydrogens (tertiary/aromatic N) is 1. The normalized spacial score (nSPS) is 10.2. The lowest BCUT2D eigenvalue weighted by atomic mass is 10.1. The molecule has 4 nitrogen and oxygen atoms in total. The predicted octanol–water partition coefficient (Wildman–Crippen LogP) is 1.87. The first-order valence-electron chi connectivity index (χ1n) is 5.15. The Bertz CT molecular complexity index is 402. The molecule has 1 amide bonds. The minimum Gasteiger partial charge on any atom is -0.399 e. The molecule has 0 unspecified atom stereocenters. The minimum atomic E-state index is -0.517. The van der Waals surface area contributed by atoms with Gasteiger partial charge in [-0.05, 0) is 26.0 Å². The molecule has 0 aromatic heterocycles. The van der Waals surface area contributed by atoms with Crippen LogP contribution in [0.4, 0.5) is 11.4 Å². The number of anilines is 2. The van der Waals surface area contributed by atoms with Crippen molar-refractivity contribution < 1.29 is 4.79 Å².